The van der Waals surface area contributed by atoms with Gasteiger partial charge in [-0.05, 0) is 19.4 Å². The summed E-state index contributed by atoms with van der Waals surface area (Å²) in [4.78, 5) is 24.3. The predicted molar refractivity (Wildman–Crippen MR) is 62.8 cm³/mol. The van der Waals surface area contributed by atoms with Crippen LogP contribution in [0.15, 0.2) is 30.3 Å². The maximum atomic E-state index is 11.7. The van der Waals surface area contributed by atoms with E-state index >= 15 is 0 Å². The van der Waals surface area contributed by atoms with E-state index in [0.29, 0.717) is 13.1 Å². The maximum Gasteiger partial charge on any atom is 0.230 e. The molecule has 0 aliphatic carbocycles. The number of carbonyl (C=O) groups excluding carboxylic acids is 2. The number of amides is 1. The molecule has 0 atom stereocenters. The van der Waals surface area contributed by atoms with Crippen molar-refractivity contribution in [1.82, 2.24) is 4.90 Å². The summed E-state index contributed by atoms with van der Waals surface area (Å²) in [6.07, 6.45) is 0.000668. The van der Waals surface area contributed by atoms with Gasteiger partial charge in [-0.1, -0.05) is 30.3 Å². The van der Waals surface area contributed by atoms with E-state index in [1.54, 1.807) is 4.90 Å². The van der Waals surface area contributed by atoms with Crippen molar-refractivity contribution in [3.63, 3.8) is 0 Å². The summed E-state index contributed by atoms with van der Waals surface area (Å²) in [7, 11) is 0. The van der Waals surface area contributed by atoms with Gasteiger partial charge in [0, 0.05) is 13.1 Å². The van der Waals surface area contributed by atoms with Gasteiger partial charge >= 0.3 is 0 Å². The van der Waals surface area contributed by atoms with Gasteiger partial charge in [-0.2, -0.15) is 0 Å². The van der Waals surface area contributed by atoms with Gasteiger partial charge in [0.05, 0.1) is 6.42 Å². The van der Waals surface area contributed by atoms with Crippen molar-refractivity contribution in [2.24, 2.45) is 0 Å². The third-order valence-corrected chi connectivity index (χ3v) is 2.35. The Bertz CT molecular complexity index is 359. The second-order valence-corrected chi connectivity index (χ2v) is 3.77. The molecule has 0 bridgehead atoms. The number of benzene rings is 1. The molecule has 0 radical (unpaired) electrons. The summed E-state index contributed by atoms with van der Waals surface area (Å²) >= 11 is 0. The molecule has 0 fully saturated rings. The molecule has 86 valence electrons. The molecule has 0 unspecified atom stereocenters. The first-order chi connectivity index (χ1) is 7.63. The number of hydrogen-bond acceptors (Lipinski definition) is 2. The zero-order chi connectivity index (χ0) is 12.0. The molecule has 16 heavy (non-hydrogen) atoms. The van der Waals surface area contributed by atoms with Gasteiger partial charge in [0.1, 0.15) is 5.78 Å². The van der Waals surface area contributed by atoms with Crippen LogP contribution in [0, 0.1) is 0 Å². The molecule has 1 aromatic rings. The van der Waals surface area contributed by atoms with E-state index < -0.39 is 0 Å². The molecule has 3 heteroatoms. The van der Waals surface area contributed by atoms with Crippen LogP contribution >= 0.6 is 0 Å². The van der Waals surface area contributed by atoms with Crippen LogP contribution in [-0.4, -0.2) is 23.1 Å². The molecule has 1 aromatic carbocycles. The highest BCUT2D eigenvalue weighted by Gasteiger charge is 2.13. The zero-order valence-corrected chi connectivity index (χ0v) is 9.77. The molecular weight excluding hydrogens is 202 g/mol. The predicted octanol–water partition coefficient (Wildman–Crippen LogP) is 2.01. The van der Waals surface area contributed by atoms with E-state index in [9.17, 15) is 9.59 Å². The quantitative estimate of drug-likeness (QED) is 0.710. The number of Topliss-reactive ketones (excluding diaryl/α,β-unsaturated/α-hetero) is 1. The number of ketones is 1. The highest BCUT2D eigenvalue weighted by atomic mass is 16.2. The average Bonchev–Trinajstić information content (AvgIpc) is 2.26. The minimum Gasteiger partial charge on any atom is -0.338 e. The van der Waals surface area contributed by atoms with Crippen LogP contribution in [0.1, 0.15) is 25.8 Å². The first kappa shape index (κ1) is 12.4. The number of hydrogen-bond donors (Lipinski definition) is 0. The van der Waals surface area contributed by atoms with Crippen LogP contribution in [0.25, 0.3) is 0 Å². The monoisotopic (exact) mass is 219 g/mol. The van der Waals surface area contributed by atoms with Crippen molar-refractivity contribution < 1.29 is 9.59 Å². The summed E-state index contributed by atoms with van der Waals surface area (Å²) in [6, 6.07) is 9.78. The van der Waals surface area contributed by atoms with Crippen LogP contribution in [0.3, 0.4) is 0 Å². The van der Waals surface area contributed by atoms with Gasteiger partial charge in [0.15, 0.2) is 0 Å². The summed E-state index contributed by atoms with van der Waals surface area (Å²) in [5.74, 6) is -0.185. The van der Waals surface area contributed by atoms with Crippen LogP contribution in [0.5, 0.6) is 0 Å². The molecule has 0 heterocycles. The van der Waals surface area contributed by atoms with E-state index in [4.69, 9.17) is 0 Å². The smallest absolute Gasteiger partial charge is 0.230 e. The van der Waals surface area contributed by atoms with Crippen LogP contribution in [0.2, 0.25) is 0 Å². The van der Waals surface area contributed by atoms with Gasteiger partial charge in [-0.25, -0.2) is 0 Å². The highest BCUT2D eigenvalue weighted by Crippen LogP contribution is 2.05. The Labute approximate surface area is 96.1 Å². The Kier molecular flexibility index (Phi) is 4.70. The summed E-state index contributed by atoms with van der Waals surface area (Å²) in [5, 5.41) is 0. The summed E-state index contributed by atoms with van der Waals surface area (Å²) in [6.45, 7) is 4.56. The van der Waals surface area contributed by atoms with Crippen molar-refractivity contribution in [3.05, 3.63) is 35.9 Å². The van der Waals surface area contributed by atoms with Crippen LogP contribution < -0.4 is 0 Å². The van der Waals surface area contributed by atoms with Crippen molar-refractivity contribution in [3.8, 4) is 0 Å². The molecule has 0 saturated carbocycles. The first-order valence-electron chi connectivity index (χ1n) is 5.44. The van der Waals surface area contributed by atoms with E-state index in [2.05, 4.69) is 0 Å². The Morgan fingerprint density at radius 1 is 1.19 bits per heavy atom. The Morgan fingerprint density at radius 3 is 2.31 bits per heavy atom. The fourth-order valence-corrected chi connectivity index (χ4v) is 1.50. The lowest BCUT2D eigenvalue weighted by molar-refractivity contribution is -0.135. The van der Waals surface area contributed by atoms with Crippen LogP contribution in [-0.2, 0) is 16.1 Å². The molecule has 0 aliphatic heterocycles. The van der Waals surface area contributed by atoms with E-state index in [-0.39, 0.29) is 18.1 Å². The minimum atomic E-state index is -0.0983. The van der Waals surface area contributed by atoms with Gasteiger partial charge in [-0.3, -0.25) is 9.59 Å². The van der Waals surface area contributed by atoms with Crippen molar-refractivity contribution >= 4 is 11.7 Å². The molecule has 0 aliphatic rings. The highest BCUT2D eigenvalue weighted by molar-refractivity contribution is 5.96. The largest absolute Gasteiger partial charge is 0.338 e. The Balaban J connectivity index is 2.62. The second-order valence-electron chi connectivity index (χ2n) is 3.77. The number of nitrogens with zero attached hydrogens (tertiary/aromatic N) is 1. The van der Waals surface area contributed by atoms with E-state index in [0.717, 1.165) is 5.56 Å². The lowest BCUT2D eigenvalue weighted by atomic mass is 10.2. The zero-order valence-electron chi connectivity index (χ0n) is 9.77. The Hall–Kier alpha value is -1.64. The lowest BCUT2D eigenvalue weighted by Gasteiger charge is -2.20. The minimum absolute atomic E-state index is 0.000668. The number of rotatable bonds is 5. The third-order valence-electron chi connectivity index (χ3n) is 2.35. The van der Waals surface area contributed by atoms with Crippen molar-refractivity contribution in [2.75, 3.05) is 6.54 Å². The normalized spacial score (nSPS) is 9.88. The summed E-state index contributed by atoms with van der Waals surface area (Å²) < 4.78 is 0. The molecule has 0 aromatic heterocycles. The van der Waals surface area contributed by atoms with E-state index in [1.807, 2.05) is 37.3 Å². The molecule has 0 spiro atoms. The summed E-state index contributed by atoms with van der Waals surface area (Å²) in [5.41, 5.74) is 1.08. The van der Waals surface area contributed by atoms with Gasteiger partial charge < -0.3 is 4.90 Å². The fourth-order valence-electron chi connectivity index (χ4n) is 1.50. The van der Waals surface area contributed by atoms with Gasteiger partial charge in [0.2, 0.25) is 5.91 Å². The second kappa shape index (κ2) is 6.05. The van der Waals surface area contributed by atoms with Crippen LogP contribution in [0.4, 0.5) is 0 Å². The standard InChI is InChI=1S/C13H17NO2/c1-3-14(13(16)9-11(2)15)10-12-7-5-4-6-8-12/h4-8H,3,9-10H2,1-2H3. The number of carbonyl (C=O) groups is 2. The molecule has 1 rings (SSSR count). The molecule has 3 nitrogen and oxygen atoms in total. The van der Waals surface area contributed by atoms with Crippen molar-refractivity contribution in [1.29, 1.82) is 0 Å². The average molecular weight is 219 g/mol. The SMILES string of the molecule is CCN(Cc1ccccc1)C(=O)CC(C)=O. The third kappa shape index (κ3) is 3.85. The molecular formula is C13H17NO2. The molecule has 1 amide bonds. The Morgan fingerprint density at radius 2 is 1.81 bits per heavy atom. The van der Waals surface area contributed by atoms with E-state index in [1.165, 1.54) is 6.92 Å². The van der Waals surface area contributed by atoms with Gasteiger partial charge in [0.25, 0.3) is 0 Å². The topological polar surface area (TPSA) is 37.4 Å². The van der Waals surface area contributed by atoms with Gasteiger partial charge in [-0.15, -0.1) is 0 Å². The molecule has 0 N–H and O–H groups in total. The first-order valence-corrected chi connectivity index (χ1v) is 5.44. The maximum absolute atomic E-state index is 11.7. The molecule has 0 saturated heterocycles. The lowest BCUT2D eigenvalue weighted by Crippen LogP contribution is -2.31. The fraction of sp³-hybridized carbons (Fsp3) is 0.385. The van der Waals surface area contributed by atoms with Crippen molar-refractivity contribution in [2.45, 2.75) is 26.8 Å².